The van der Waals surface area contributed by atoms with Gasteiger partial charge in [0.1, 0.15) is 11.3 Å². The van der Waals surface area contributed by atoms with Crippen molar-refractivity contribution >= 4 is 50.0 Å². The highest BCUT2D eigenvalue weighted by atomic mass is 79.9. The summed E-state index contributed by atoms with van der Waals surface area (Å²) < 4.78 is 3.09. The van der Waals surface area contributed by atoms with E-state index >= 15 is 0 Å². The van der Waals surface area contributed by atoms with Gasteiger partial charge in [-0.05, 0) is 64.7 Å². The smallest absolute Gasteiger partial charge is 0.160 e. The molecule has 0 bridgehead atoms. The number of pyridine rings is 1. The molecule has 0 radical (unpaired) electrons. The fourth-order valence-electron chi connectivity index (χ4n) is 2.53. The van der Waals surface area contributed by atoms with E-state index in [0.29, 0.717) is 0 Å². The molecule has 21 heavy (non-hydrogen) atoms. The first-order valence-electron chi connectivity index (χ1n) is 6.74. The molecule has 3 aromatic rings. The van der Waals surface area contributed by atoms with Crippen molar-refractivity contribution in [3.05, 3.63) is 45.0 Å². The molecule has 110 valence electrons. The fourth-order valence-corrected chi connectivity index (χ4v) is 3.69. The van der Waals surface area contributed by atoms with Gasteiger partial charge in [-0.2, -0.15) is 11.3 Å². The van der Waals surface area contributed by atoms with Crippen LogP contribution in [0.5, 0.6) is 0 Å². The lowest BCUT2D eigenvalue weighted by Gasteiger charge is -2.17. The Balaban J connectivity index is 2.08. The molecule has 0 N–H and O–H groups in total. The molecule has 0 saturated carbocycles. The molecule has 3 aromatic heterocycles. The minimum Gasteiger partial charge on any atom is -0.308 e. The minimum atomic E-state index is -0.150. The van der Waals surface area contributed by atoms with Crippen LogP contribution in [0, 0.1) is 0 Å². The Morgan fingerprint density at radius 2 is 2.24 bits per heavy atom. The van der Waals surface area contributed by atoms with E-state index in [0.717, 1.165) is 27.9 Å². The third-order valence-corrected chi connectivity index (χ3v) is 4.79. The number of nitrogens with zero attached hydrogens (tertiary/aromatic N) is 3. The Labute approximate surface area is 141 Å². The van der Waals surface area contributed by atoms with Crippen molar-refractivity contribution in [1.29, 1.82) is 0 Å². The van der Waals surface area contributed by atoms with Crippen LogP contribution >= 0.6 is 38.9 Å². The van der Waals surface area contributed by atoms with Crippen LogP contribution in [-0.2, 0) is 6.42 Å². The average Bonchev–Trinajstić information content (AvgIpc) is 3.04. The molecule has 0 saturated heterocycles. The number of imidazole rings is 1. The molecule has 0 fully saturated rings. The average molecular weight is 385 g/mol. The van der Waals surface area contributed by atoms with Gasteiger partial charge in [0.2, 0.25) is 0 Å². The summed E-state index contributed by atoms with van der Waals surface area (Å²) in [4.78, 5) is 9.20. The van der Waals surface area contributed by atoms with Gasteiger partial charge in [0.05, 0.1) is 5.38 Å². The van der Waals surface area contributed by atoms with Gasteiger partial charge in [0.25, 0.3) is 0 Å². The van der Waals surface area contributed by atoms with Gasteiger partial charge in [-0.15, -0.1) is 11.6 Å². The second kappa shape index (κ2) is 6.07. The number of hydrogen-bond acceptors (Lipinski definition) is 3. The topological polar surface area (TPSA) is 30.7 Å². The molecule has 0 aliphatic carbocycles. The maximum Gasteiger partial charge on any atom is 0.160 e. The van der Waals surface area contributed by atoms with E-state index in [1.807, 2.05) is 13.0 Å². The van der Waals surface area contributed by atoms with E-state index < -0.39 is 0 Å². The lowest BCUT2D eigenvalue weighted by molar-refractivity contribution is 0.532. The number of rotatable bonds is 4. The van der Waals surface area contributed by atoms with Crippen LogP contribution in [0.4, 0.5) is 0 Å². The molecule has 3 rings (SSSR count). The van der Waals surface area contributed by atoms with Crippen molar-refractivity contribution in [2.75, 3.05) is 0 Å². The Kier molecular flexibility index (Phi) is 4.33. The minimum absolute atomic E-state index is 0.150. The van der Waals surface area contributed by atoms with Crippen molar-refractivity contribution < 1.29 is 0 Å². The van der Waals surface area contributed by atoms with Gasteiger partial charge in [-0.1, -0.05) is 0 Å². The molecule has 0 aromatic carbocycles. The van der Waals surface area contributed by atoms with Crippen molar-refractivity contribution in [3.63, 3.8) is 0 Å². The van der Waals surface area contributed by atoms with Crippen LogP contribution in [0.2, 0.25) is 0 Å². The molecule has 3 nitrogen and oxygen atoms in total. The lowest BCUT2D eigenvalue weighted by atomic mass is 10.1. The Bertz CT molecular complexity index is 752. The van der Waals surface area contributed by atoms with Gasteiger partial charge < -0.3 is 4.57 Å². The quantitative estimate of drug-likeness (QED) is 0.567. The predicted molar refractivity (Wildman–Crippen MR) is 92.2 cm³/mol. The largest absolute Gasteiger partial charge is 0.308 e. The standard InChI is InChI=1S/C15H15BrClN3S/c1-9(5-11-3-4-21-8-11)20-14(10(2)17)19-13-6-12(16)7-18-15(13)20/h3-4,6-10H,5H2,1-2H3. The van der Waals surface area contributed by atoms with Crippen molar-refractivity contribution in [2.24, 2.45) is 0 Å². The molecular weight excluding hydrogens is 370 g/mol. The summed E-state index contributed by atoms with van der Waals surface area (Å²) in [5, 5.41) is 4.14. The molecule has 3 heterocycles. The first kappa shape index (κ1) is 15.0. The SMILES string of the molecule is CC(Cl)c1nc2cc(Br)cnc2n1C(C)Cc1ccsc1. The number of hydrogen-bond donors (Lipinski definition) is 0. The van der Waals surface area contributed by atoms with Gasteiger partial charge >= 0.3 is 0 Å². The van der Waals surface area contributed by atoms with E-state index in [-0.39, 0.29) is 11.4 Å². The maximum absolute atomic E-state index is 6.32. The van der Waals surface area contributed by atoms with Crippen LogP contribution < -0.4 is 0 Å². The summed E-state index contributed by atoms with van der Waals surface area (Å²) in [5.41, 5.74) is 3.10. The number of fused-ring (bicyclic) bond motifs is 1. The Morgan fingerprint density at radius 1 is 1.43 bits per heavy atom. The molecule has 0 spiro atoms. The predicted octanol–water partition coefficient (Wildman–Crippen LogP) is 5.36. The molecule has 0 aliphatic heterocycles. The van der Waals surface area contributed by atoms with Gasteiger partial charge in [0.15, 0.2) is 5.65 Å². The van der Waals surface area contributed by atoms with Crippen LogP contribution in [-0.4, -0.2) is 14.5 Å². The van der Waals surface area contributed by atoms with Gasteiger partial charge in [0, 0.05) is 16.7 Å². The van der Waals surface area contributed by atoms with E-state index in [2.05, 4.69) is 54.2 Å². The number of aromatic nitrogens is 3. The number of halogens is 2. The van der Waals surface area contributed by atoms with Crippen LogP contribution in [0.15, 0.2) is 33.6 Å². The Morgan fingerprint density at radius 3 is 2.90 bits per heavy atom. The summed E-state index contributed by atoms with van der Waals surface area (Å²) in [6.07, 6.45) is 2.75. The molecule has 2 unspecified atom stereocenters. The van der Waals surface area contributed by atoms with Crippen molar-refractivity contribution in [3.8, 4) is 0 Å². The number of alkyl halides is 1. The Hall–Kier alpha value is -0.910. The zero-order chi connectivity index (χ0) is 15.0. The first-order valence-corrected chi connectivity index (χ1v) is 8.92. The zero-order valence-corrected chi connectivity index (χ0v) is 14.9. The highest BCUT2D eigenvalue weighted by Crippen LogP contribution is 2.29. The van der Waals surface area contributed by atoms with Gasteiger partial charge in [-0.25, -0.2) is 9.97 Å². The zero-order valence-electron chi connectivity index (χ0n) is 11.8. The molecular formula is C15H15BrClN3S. The second-order valence-corrected chi connectivity index (χ2v) is 7.49. The second-order valence-electron chi connectivity index (χ2n) is 5.14. The van der Waals surface area contributed by atoms with Crippen molar-refractivity contribution in [1.82, 2.24) is 14.5 Å². The van der Waals surface area contributed by atoms with E-state index in [9.17, 15) is 0 Å². The molecule has 0 amide bonds. The van der Waals surface area contributed by atoms with Crippen LogP contribution in [0.1, 0.15) is 36.7 Å². The highest BCUT2D eigenvalue weighted by molar-refractivity contribution is 9.10. The summed E-state index contributed by atoms with van der Waals surface area (Å²) in [6.45, 7) is 4.14. The molecule has 6 heteroatoms. The third-order valence-electron chi connectivity index (χ3n) is 3.43. The van der Waals surface area contributed by atoms with Gasteiger partial charge in [-0.3, -0.25) is 0 Å². The first-order chi connectivity index (χ1) is 10.1. The van der Waals surface area contributed by atoms with Crippen LogP contribution in [0.3, 0.4) is 0 Å². The molecule has 2 atom stereocenters. The lowest BCUT2D eigenvalue weighted by Crippen LogP contribution is -2.12. The van der Waals surface area contributed by atoms with E-state index in [1.165, 1.54) is 5.56 Å². The third kappa shape index (κ3) is 3.00. The summed E-state index contributed by atoms with van der Waals surface area (Å²) >= 11 is 11.5. The van der Waals surface area contributed by atoms with Crippen molar-refractivity contribution in [2.45, 2.75) is 31.7 Å². The summed E-state index contributed by atoms with van der Waals surface area (Å²) in [5.74, 6) is 0.875. The van der Waals surface area contributed by atoms with Crippen LogP contribution in [0.25, 0.3) is 11.2 Å². The summed E-state index contributed by atoms with van der Waals surface area (Å²) in [6, 6.07) is 4.40. The normalized spacial score (nSPS) is 14.5. The summed E-state index contributed by atoms with van der Waals surface area (Å²) in [7, 11) is 0. The maximum atomic E-state index is 6.32. The fraction of sp³-hybridized carbons (Fsp3) is 0.333. The van der Waals surface area contributed by atoms with E-state index in [1.54, 1.807) is 17.5 Å². The monoisotopic (exact) mass is 383 g/mol. The van der Waals surface area contributed by atoms with E-state index in [4.69, 9.17) is 11.6 Å². The molecule has 0 aliphatic rings. The number of thiophene rings is 1. The highest BCUT2D eigenvalue weighted by Gasteiger charge is 2.20.